The van der Waals surface area contributed by atoms with Crippen molar-refractivity contribution in [2.45, 2.75) is 6.92 Å². The first-order valence-electron chi connectivity index (χ1n) is 2.73. The highest BCUT2D eigenvalue weighted by molar-refractivity contribution is 7.83. The fraction of sp³-hybridized carbons (Fsp3) is 0.333. The molecule has 0 spiro atoms. The van der Waals surface area contributed by atoms with Gasteiger partial charge in [0.1, 0.15) is 5.57 Å². The van der Waals surface area contributed by atoms with Gasteiger partial charge in [-0.1, -0.05) is 0 Å². The Morgan fingerprint density at radius 2 is 2.30 bits per heavy atom. The number of thiol groups is 1. The zero-order valence-corrected chi connectivity index (χ0v) is 6.43. The lowest BCUT2D eigenvalue weighted by Gasteiger charge is -1.97. The molecule has 0 aromatic carbocycles. The highest BCUT2D eigenvalue weighted by Gasteiger charge is 2.06. The Morgan fingerprint density at radius 1 is 1.70 bits per heavy atom. The summed E-state index contributed by atoms with van der Waals surface area (Å²) in [5.74, 6) is -0.632. The van der Waals surface area contributed by atoms with Gasteiger partial charge in [0.2, 0.25) is 0 Å². The average Bonchev–Trinajstić information content (AvgIpc) is 1.91. The van der Waals surface area contributed by atoms with Crippen molar-refractivity contribution in [3.05, 3.63) is 11.0 Å². The average molecular weight is 160 g/mol. The van der Waals surface area contributed by atoms with Crippen molar-refractivity contribution in [1.82, 2.24) is 0 Å². The molecule has 0 aliphatic rings. The van der Waals surface area contributed by atoms with Crippen LogP contribution in [0.4, 0.5) is 0 Å². The van der Waals surface area contributed by atoms with Crippen molar-refractivity contribution in [2.24, 2.45) is 0 Å². The van der Waals surface area contributed by atoms with Gasteiger partial charge in [0.25, 0.3) is 0 Å². The number of hydrogen-bond acceptors (Lipinski definition) is 4. The number of carbonyl (C=O) groups excluding carboxylic acids is 2. The summed E-state index contributed by atoms with van der Waals surface area (Å²) < 4.78 is 4.50. The molecule has 0 N–H and O–H groups in total. The van der Waals surface area contributed by atoms with E-state index >= 15 is 0 Å². The summed E-state index contributed by atoms with van der Waals surface area (Å²) in [4.78, 5) is 20.7. The van der Waals surface area contributed by atoms with Crippen LogP contribution in [0.25, 0.3) is 0 Å². The molecule has 0 aromatic rings. The van der Waals surface area contributed by atoms with Gasteiger partial charge in [-0.25, -0.2) is 4.79 Å². The first-order chi connectivity index (χ1) is 4.76. The van der Waals surface area contributed by atoms with Crippen LogP contribution in [0.1, 0.15) is 6.92 Å². The van der Waals surface area contributed by atoms with E-state index in [1.165, 1.54) is 0 Å². The summed E-state index contributed by atoms with van der Waals surface area (Å²) in [6.07, 6.45) is 0.408. The van der Waals surface area contributed by atoms with Crippen molar-refractivity contribution in [1.29, 1.82) is 0 Å². The van der Waals surface area contributed by atoms with E-state index in [-0.39, 0.29) is 12.2 Å². The number of hydrogen-bond donors (Lipinski definition) is 1. The van der Waals surface area contributed by atoms with Crippen molar-refractivity contribution in [2.75, 3.05) is 6.61 Å². The molecule has 0 atom stereocenters. The fourth-order valence-corrected chi connectivity index (χ4v) is 0.512. The molecule has 0 unspecified atom stereocenters. The highest BCUT2D eigenvalue weighted by Crippen LogP contribution is 1.95. The summed E-state index contributed by atoms with van der Waals surface area (Å²) in [5.41, 5.74) is -0.0646. The van der Waals surface area contributed by atoms with Gasteiger partial charge in [-0.2, -0.15) is 12.6 Å². The molecule has 0 fully saturated rings. The lowest BCUT2D eigenvalue weighted by Crippen LogP contribution is -2.07. The predicted octanol–water partition coefficient (Wildman–Crippen LogP) is 0.562. The van der Waals surface area contributed by atoms with Crippen LogP contribution in [0, 0.1) is 0 Å². The smallest absolute Gasteiger partial charge is 0.341 e. The standard InChI is InChI=1S/C6H8O3S/c1-2-9-6(8)5(3-7)4-10/h3-4,10H,2H2,1H3/b5-4-. The third-order valence-corrected chi connectivity index (χ3v) is 1.06. The number of rotatable bonds is 3. The monoisotopic (exact) mass is 160 g/mol. The van der Waals surface area contributed by atoms with E-state index in [2.05, 4.69) is 17.4 Å². The van der Waals surface area contributed by atoms with E-state index in [1.54, 1.807) is 6.92 Å². The van der Waals surface area contributed by atoms with Gasteiger partial charge < -0.3 is 4.74 Å². The maximum absolute atomic E-state index is 10.6. The molecule has 0 aliphatic heterocycles. The first-order valence-corrected chi connectivity index (χ1v) is 3.24. The maximum atomic E-state index is 10.6. The van der Waals surface area contributed by atoms with Gasteiger partial charge in [0.05, 0.1) is 6.61 Å². The molecule has 56 valence electrons. The van der Waals surface area contributed by atoms with E-state index in [4.69, 9.17) is 0 Å². The second kappa shape index (κ2) is 5.05. The van der Waals surface area contributed by atoms with E-state index < -0.39 is 5.97 Å². The van der Waals surface area contributed by atoms with Gasteiger partial charge in [-0.15, -0.1) is 0 Å². The van der Waals surface area contributed by atoms with Crippen molar-refractivity contribution in [3.63, 3.8) is 0 Å². The molecule has 0 saturated carbocycles. The Morgan fingerprint density at radius 3 is 2.60 bits per heavy atom. The van der Waals surface area contributed by atoms with Crippen LogP contribution in [0.15, 0.2) is 11.0 Å². The summed E-state index contributed by atoms with van der Waals surface area (Å²) in [6.45, 7) is 1.93. The molecule has 10 heavy (non-hydrogen) atoms. The predicted molar refractivity (Wildman–Crippen MR) is 39.8 cm³/mol. The molecule has 0 rings (SSSR count). The minimum absolute atomic E-state index is 0.0646. The van der Waals surface area contributed by atoms with Crippen LogP contribution in [0.3, 0.4) is 0 Å². The van der Waals surface area contributed by atoms with Crippen LogP contribution >= 0.6 is 12.6 Å². The van der Waals surface area contributed by atoms with Crippen molar-refractivity contribution < 1.29 is 14.3 Å². The van der Waals surface area contributed by atoms with Crippen LogP contribution in [0.5, 0.6) is 0 Å². The van der Waals surface area contributed by atoms with Crippen LogP contribution in [-0.2, 0) is 14.3 Å². The van der Waals surface area contributed by atoms with Gasteiger partial charge in [-0.3, -0.25) is 4.79 Å². The van der Waals surface area contributed by atoms with Crippen molar-refractivity contribution >= 4 is 24.9 Å². The van der Waals surface area contributed by atoms with Gasteiger partial charge >= 0.3 is 5.97 Å². The zero-order valence-electron chi connectivity index (χ0n) is 5.53. The molecule has 0 bridgehead atoms. The van der Waals surface area contributed by atoms with Gasteiger partial charge in [0.15, 0.2) is 6.29 Å². The molecule has 3 nitrogen and oxygen atoms in total. The van der Waals surface area contributed by atoms with Gasteiger partial charge in [-0.05, 0) is 12.3 Å². The Kier molecular flexibility index (Phi) is 4.66. The van der Waals surface area contributed by atoms with Gasteiger partial charge in [0, 0.05) is 0 Å². The molecule has 0 heterocycles. The van der Waals surface area contributed by atoms with E-state index in [9.17, 15) is 9.59 Å². The summed E-state index contributed by atoms with van der Waals surface area (Å²) in [5, 5.41) is 1.12. The topological polar surface area (TPSA) is 43.4 Å². The number of aldehydes is 1. The molecule has 0 aromatic heterocycles. The highest BCUT2D eigenvalue weighted by atomic mass is 32.1. The lowest BCUT2D eigenvalue weighted by atomic mass is 10.3. The van der Waals surface area contributed by atoms with Crippen LogP contribution in [0.2, 0.25) is 0 Å². The molecule has 0 radical (unpaired) electrons. The molecular weight excluding hydrogens is 152 g/mol. The molecular formula is C6H8O3S. The number of ether oxygens (including phenoxy) is 1. The third kappa shape index (κ3) is 2.68. The van der Waals surface area contributed by atoms with Crippen molar-refractivity contribution in [3.8, 4) is 0 Å². The van der Waals surface area contributed by atoms with Crippen LogP contribution in [-0.4, -0.2) is 18.9 Å². The quantitative estimate of drug-likeness (QED) is 0.164. The molecule has 0 saturated heterocycles. The number of carbonyl (C=O) groups is 2. The molecule has 4 heteroatoms. The Bertz CT molecular complexity index is 162. The SMILES string of the molecule is CCOC(=O)/C(C=O)=C\S. The lowest BCUT2D eigenvalue weighted by molar-refractivity contribution is -0.139. The maximum Gasteiger partial charge on any atom is 0.341 e. The third-order valence-electron chi connectivity index (χ3n) is 0.777. The second-order valence-corrected chi connectivity index (χ2v) is 1.68. The van der Waals surface area contributed by atoms with E-state index in [0.29, 0.717) is 6.29 Å². The Hall–Kier alpha value is -0.770. The molecule has 0 aliphatic carbocycles. The summed E-state index contributed by atoms with van der Waals surface area (Å²) in [6, 6.07) is 0. The summed E-state index contributed by atoms with van der Waals surface area (Å²) in [7, 11) is 0. The second-order valence-electron chi connectivity index (χ2n) is 1.42. The zero-order chi connectivity index (χ0) is 7.98. The Balaban J connectivity index is 4.04. The van der Waals surface area contributed by atoms with E-state index in [0.717, 1.165) is 5.41 Å². The number of esters is 1. The van der Waals surface area contributed by atoms with Crippen LogP contribution < -0.4 is 0 Å². The normalized spacial score (nSPS) is 10.8. The largest absolute Gasteiger partial charge is 0.462 e. The fourth-order valence-electron chi connectivity index (χ4n) is 0.346. The minimum atomic E-state index is -0.632. The first kappa shape index (κ1) is 9.23. The summed E-state index contributed by atoms with van der Waals surface area (Å²) >= 11 is 3.63. The van der Waals surface area contributed by atoms with E-state index in [1.807, 2.05) is 0 Å². The Labute approximate surface area is 64.5 Å². The minimum Gasteiger partial charge on any atom is -0.462 e. The molecule has 0 amide bonds.